The molecule has 0 amide bonds. The Balaban J connectivity index is 3.26. The molecule has 1 rings (SSSR count). The van der Waals surface area contributed by atoms with Crippen LogP contribution in [0.1, 0.15) is 5.56 Å². The first-order chi connectivity index (χ1) is 6.57. The second-order valence-corrected chi connectivity index (χ2v) is 3.44. The number of nitrogens with zero attached hydrogens (tertiary/aromatic N) is 1. The molecule has 0 fully saturated rings. The number of nitrogens with two attached hydrogens (primary N) is 1. The van der Waals surface area contributed by atoms with Crippen LogP contribution in [0.4, 0.5) is 5.69 Å². The van der Waals surface area contributed by atoms with Crippen LogP contribution in [0.25, 0.3) is 0 Å². The van der Waals surface area contributed by atoms with Crippen LogP contribution in [0.2, 0.25) is 10.0 Å². The van der Waals surface area contributed by atoms with Crippen molar-refractivity contribution in [1.82, 2.24) is 0 Å². The Kier molecular flexibility index (Phi) is 3.69. The maximum atomic E-state index is 10.5. The highest BCUT2D eigenvalue weighted by Crippen LogP contribution is 2.33. The summed E-state index contributed by atoms with van der Waals surface area (Å²) in [5.41, 5.74) is 5.73. The van der Waals surface area contributed by atoms with Crippen LogP contribution in [0.15, 0.2) is 12.1 Å². The molecule has 0 spiro atoms. The normalized spacial score (nSPS) is 10.2. The Labute approximate surface area is 90.8 Å². The summed E-state index contributed by atoms with van der Waals surface area (Å²) >= 11 is 11.6. The third kappa shape index (κ3) is 2.15. The van der Waals surface area contributed by atoms with Crippen molar-refractivity contribution in [3.05, 3.63) is 37.9 Å². The first-order valence-electron chi connectivity index (χ1n) is 3.89. The molecule has 1 aromatic rings. The first-order valence-corrected chi connectivity index (χ1v) is 4.65. The minimum absolute atomic E-state index is 0.0768. The molecule has 0 aromatic heterocycles. The van der Waals surface area contributed by atoms with Crippen LogP contribution in [0.3, 0.4) is 0 Å². The molecule has 0 radical (unpaired) electrons. The molecule has 0 bridgehead atoms. The van der Waals surface area contributed by atoms with Crippen LogP contribution in [-0.2, 0) is 6.42 Å². The summed E-state index contributed by atoms with van der Waals surface area (Å²) in [6.45, 7) is 0.348. The van der Waals surface area contributed by atoms with Gasteiger partial charge in [0.15, 0.2) is 0 Å². The third-order valence-electron chi connectivity index (χ3n) is 1.76. The molecular weight excluding hydrogens is 227 g/mol. The van der Waals surface area contributed by atoms with Crippen molar-refractivity contribution < 1.29 is 4.92 Å². The van der Waals surface area contributed by atoms with Gasteiger partial charge in [0.2, 0.25) is 0 Å². The lowest BCUT2D eigenvalue weighted by Crippen LogP contribution is -2.04. The van der Waals surface area contributed by atoms with Gasteiger partial charge in [0.1, 0.15) is 5.02 Å². The number of hydrogen-bond donors (Lipinski definition) is 1. The number of halogens is 2. The zero-order valence-corrected chi connectivity index (χ0v) is 8.68. The van der Waals surface area contributed by atoms with Crippen LogP contribution in [-0.4, -0.2) is 11.5 Å². The van der Waals surface area contributed by atoms with Gasteiger partial charge in [-0.1, -0.05) is 23.2 Å². The number of hydrogen-bond acceptors (Lipinski definition) is 3. The lowest BCUT2D eigenvalue weighted by Gasteiger charge is -2.05. The molecule has 2 N–H and O–H groups in total. The van der Waals surface area contributed by atoms with Crippen molar-refractivity contribution in [3.8, 4) is 0 Å². The van der Waals surface area contributed by atoms with E-state index in [9.17, 15) is 10.1 Å². The average Bonchev–Trinajstić information content (AvgIpc) is 2.11. The lowest BCUT2D eigenvalue weighted by atomic mass is 10.1. The van der Waals surface area contributed by atoms with Gasteiger partial charge in [-0.2, -0.15) is 0 Å². The number of nitro benzene ring substituents is 1. The molecule has 0 heterocycles. The number of rotatable bonds is 3. The second kappa shape index (κ2) is 4.59. The van der Waals surface area contributed by atoms with Crippen molar-refractivity contribution in [2.24, 2.45) is 5.73 Å². The van der Waals surface area contributed by atoms with Crippen LogP contribution < -0.4 is 5.73 Å². The van der Waals surface area contributed by atoms with E-state index in [0.29, 0.717) is 23.6 Å². The fourth-order valence-electron chi connectivity index (χ4n) is 1.10. The molecule has 14 heavy (non-hydrogen) atoms. The van der Waals surface area contributed by atoms with E-state index in [0.717, 1.165) is 0 Å². The highest BCUT2D eigenvalue weighted by molar-refractivity contribution is 6.37. The molecule has 0 unspecified atom stereocenters. The molecule has 4 nitrogen and oxygen atoms in total. The largest absolute Gasteiger partial charge is 0.330 e. The van der Waals surface area contributed by atoms with Crippen molar-refractivity contribution in [2.45, 2.75) is 6.42 Å². The Bertz CT molecular complexity index is 369. The lowest BCUT2D eigenvalue weighted by molar-refractivity contribution is -0.384. The van der Waals surface area contributed by atoms with Crippen LogP contribution >= 0.6 is 23.2 Å². The molecule has 6 heteroatoms. The highest BCUT2D eigenvalue weighted by atomic mass is 35.5. The second-order valence-electron chi connectivity index (χ2n) is 2.65. The zero-order chi connectivity index (χ0) is 10.7. The first kappa shape index (κ1) is 11.2. The maximum absolute atomic E-state index is 10.5. The van der Waals surface area contributed by atoms with Crippen LogP contribution in [0.5, 0.6) is 0 Å². The predicted octanol–water partition coefficient (Wildman–Crippen LogP) is 2.40. The van der Waals surface area contributed by atoms with E-state index in [1.54, 1.807) is 0 Å². The summed E-state index contributed by atoms with van der Waals surface area (Å²) in [5, 5.41) is 11.0. The van der Waals surface area contributed by atoms with Gasteiger partial charge in [-0.15, -0.1) is 0 Å². The minimum atomic E-state index is -0.543. The summed E-state index contributed by atoms with van der Waals surface area (Å²) in [6, 6.07) is 2.74. The van der Waals surface area contributed by atoms with E-state index in [-0.39, 0.29) is 10.7 Å². The monoisotopic (exact) mass is 234 g/mol. The highest BCUT2D eigenvalue weighted by Gasteiger charge is 2.17. The molecule has 0 saturated carbocycles. The van der Waals surface area contributed by atoms with Crippen molar-refractivity contribution >= 4 is 28.9 Å². The van der Waals surface area contributed by atoms with E-state index in [4.69, 9.17) is 28.9 Å². The van der Waals surface area contributed by atoms with Gasteiger partial charge < -0.3 is 5.73 Å². The Morgan fingerprint density at radius 2 is 2.07 bits per heavy atom. The third-order valence-corrected chi connectivity index (χ3v) is 2.53. The quantitative estimate of drug-likeness (QED) is 0.645. The molecule has 0 aliphatic rings. The van der Waals surface area contributed by atoms with Gasteiger partial charge in [0.25, 0.3) is 5.69 Å². The summed E-state index contributed by atoms with van der Waals surface area (Å²) in [6.07, 6.45) is 0.430. The molecule has 0 atom stereocenters. The summed E-state index contributed by atoms with van der Waals surface area (Å²) in [5.74, 6) is 0. The van der Waals surface area contributed by atoms with E-state index >= 15 is 0 Å². The van der Waals surface area contributed by atoms with Crippen molar-refractivity contribution in [3.63, 3.8) is 0 Å². The molecule has 0 aliphatic carbocycles. The molecule has 76 valence electrons. The van der Waals surface area contributed by atoms with Gasteiger partial charge in [-0.3, -0.25) is 10.1 Å². The van der Waals surface area contributed by atoms with Gasteiger partial charge in [0, 0.05) is 11.1 Å². The smallest absolute Gasteiger partial charge is 0.288 e. The Morgan fingerprint density at radius 1 is 1.43 bits per heavy atom. The number of nitro groups is 1. The standard InChI is InChI=1S/C8H8Cl2N2O2/c9-6-1-2-7(12(13)14)8(10)5(6)3-4-11/h1-2H,3-4,11H2. The fraction of sp³-hybridized carbons (Fsp3) is 0.250. The van der Waals surface area contributed by atoms with Gasteiger partial charge >= 0.3 is 0 Å². The predicted molar refractivity (Wildman–Crippen MR) is 55.9 cm³/mol. The average molecular weight is 235 g/mol. The van der Waals surface area contributed by atoms with Gasteiger partial charge in [-0.05, 0) is 24.6 Å². The van der Waals surface area contributed by atoms with Gasteiger partial charge in [-0.25, -0.2) is 0 Å². The molecule has 0 aliphatic heterocycles. The van der Waals surface area contributed by atoms with E-state index in [1.165, 1.54) is 12.1 Å². The summed E-state index contributed by atoms with van der Waals surface area (Å²) in [4.78, 5) is 9.99. The summed E-state index contributed by atoms with van der Waals surface area (Å²) < 4.78 is 0. The number of benzene rings is 1. The maximum Gasteiger partial charge on any atom is 0.288 e. The topological polar surface area (TPSA) is 69.2 Å². The minimum Gasteiger partial charge on any atom is -0.330 e. The Hall–Kier alpha value is -0.840. The Morgan fingerprint density at radius 3 is 2.57 bits per heavy atom. The zero-order valence-electron chi connectivity index (χ0n) is 7.17. The van der Waals surface area contributed by atoms with Gasteiger partial charge in [0.05, 0.1) is 4.92 Å². The van der Waals surface area contributed by atoms with E-state index < -0.39 is 4.92 Å². The van der Waals surface area contributed by atoms with E-state index in [2.05, 4.69) is 0 Å². The molecule has 0 saturated heterocycles. The van der Waals surface area contributed by atoms with Crippen LogP contribution in [0, 0.1) is 10.1 Å². The summed E-state index contributed by atoms with van der Waals surface area (Å²) in [7, 11) is 0. The molecular formula is C8H8Cl2N2O2. The van der Waals surface area contributed by atoms with Crippen molar-refractivity contribution in [1.29, 1.82) is 0 Å². The molecule has 1 aromatic carbocycles. The van der Waals surface area contributed by atoms with E-state index in [1.807, 2.05) is 0 Å². The SMILES string of the molecule is NCCc1c(Cl)ccc([N+](=O)[O-])c1Cl. The van der Waals surface area contributed by atoms with Crippen molar-refractivity contribution in [2.75, 3.05) is 6.54 Å². The fourth-order valence-corrected chi connectivity index (χ4v) is 1.73.